The van der Waals surface area contributed by atoms with Crippen molar-refractivity contribution < 1.29 is 13.2 Å². The normalized spacial score (nSPS) is 19.1. The maximum Gasteiger partial charge on any atom is 0.250 e. The molecule has 1 aliphatic heterocycles. The average molecular weight is 394 g/mol. The van der Waals surface area contributed by atoms with Gasteiger partial charge in [0.2, 0.25) is 5.91 Å². The van der Waals surface area contributed by atoms with Crippen molar-refractivity contribution in [2.45, 2.75) is 35.9 Å². The Morgan fingerprint density at radius 2 is 1.96 bits per heavy atom. The Hall–Kier alpha value is -0.670. The van der Waals surface area contributed by atoms with Crippen molar-refractivity contribution in [1.82, 2.24) is 14.9 Å². The van der Waals surface area contributed by atoms with Crippen molar-refractivity contribution in [1.29, 1.82) is 0 Å². The topological polar surface area (TPSA) is 78.5 Å². The van der Waals surface area contributed by atoms with E-state index < -0.39 is 10.0 Å². The molecule has 2 N–H and O–H groups in total. The van der Waals surface area contributed by atoms with Crippen LogP contribution in [0.5, 0.6) is 0 Å². The molecule has 0 atom stereocenters. The van der Waals surface area contributed by atoms with E-state index in [2.05, 4.69) is 10.0 Å². The van der Waals surface area contributed by atoms with Crippen molar-refractivity contribution >= 4 is 39.7 Å². The van der Waals surface area contributed by atoms with Gasteiger partial charge in [-0.2, -0.15) is 0 Å². The molecule has 0 bridgehead atoms. The first-order valence-electron chi connectivity index (χ1n) is 8.09. The fraction of sp³-hybridized carbons (Fsp3) is 0.667. The molecule has 24 heavy (non-hydrogen) atoms. The zero-order valence-corrected chi connectivity index (χ0v) is 15.9. The highest BCUT2D eigenvalue weighted by molar-refractivity contribution is 7.91. The van der Waals surface area contributed by atoms with Gasteiger partial charge in [0.15, 0.2) is 0 Å². The van der Waals surface area contributed by atoms with Crippen LogP contribution in [0.4, 0.5) is 0 Å². The van der Waals surface area contributed by atoms with E-state index in [0.717, 1.165) is 36.6 Å². The first-order chi connectivity index (χ1) is 11.0. The molecule has 0 aromatic carbocycles. The summed E-state index contributed by atoms with van der Waals surface area (Å²) in [5, 5.41) is 5.27. The number of likely N-dealkylation sites (tertiary alicyclic amines) is 1. The van der Waals surface area contributed by atoms with Crippen LogP contribution in [0.15, 0.2) is 21.7 Å². The van der Waals surface area contributed by atoms with Crippen LogP contribution in [0, 0.1) is 5.92 Å². The second kappa shape index (κ2) is 8.62. The van der Waals surface area contributed by atoms with Crippen molar-refractivity contribution in [2.75, 3.05) is 26.2 Å². The van der Waals surface area contributed by atoms with E-state index >= 15 is 0 Å². The Balaban J connectivity index is 0.00000208. The molecule has 1 saturated carbocycles. The van der Waals surface area contributed by atoms with Gasteiger partial charge in [0.1, 0.15) is 4.21 Å². The third kappa shape index (κ3) is 5.42. The van der Waals surface area contributed by atoms with Crippen LogP contribution in [0.25, 0.3) is 0 Å². The van der Waals surface area contributed by atoms with E-state index in [1.807, 2.05) is 0 Å². The minimum atomic E-state index is -3.56. The lowest BCUT2D eigenvalue weighted by atomic mass is 10.0. The number of piperidine rings is 1. The Bertz CT molecular complexity index is 624. The molecule has 6 nitrogen and oxygen atoms in total. The molecule has 1 aromatic heterocycles. The summed E-state index contributed by atoms with van der Waals surface area (Å²) in [6.07, 6.45) is 4.57. The number of nitrogens with zero attached hydrogens (tertiary/aromatic N) is 1. The quantitative estimate of drug-likeness (QED) is 0.734. The Morgan fingerprint density at radius 1 is 1.25 bits per heavy atom. The minimum absolute atomic E-state index is 0. The summed E-state index contributed by atoms with van der Waals surface area (Å²) in [4.78, 5) is 13.9. The van der Waals surface area contributed by atoms with Crippen LogP contribution >= 0.6 is 23.7 Å². The minimum Gasteiger partial charge on any atom is -0.341 e. The predicted molar refractivity (Wildman–Crippen MR) is 97.1 cm³/mol. The van der Waals surface area contributed by atoms with E-state index in [9.17, 15) is 13.2 Å². The summed E-state index contributed by atoms with van der Waals surface area (Å²) in [6, 6.07) is 3.71. The summed E-state index contributed by atoms with van der Waals surface area (Å²) in [7, 11) is -3.56. The summed E-state index contributed by atoms with van der Waals surface area (Å²) >= 11 is 1.15. The van der Waals surface area contributed by atoms with Gasteiger partial charge in [0.05, 0.1) is 6.54 Å². The van der Waals surface area contributed by atoms with Gasteiger partial charge in [-0.15, -0.1) is 23.7 Å². The highest BCUT2D eigenvalue weighted by Crippen LogP contribution is 2.28. The first-order valence-corrected chi connectivity index (χ1v) is 10.5. The molecule has 9 heteroatoms. The summed E-state index contributed by atoms with van der Waals surface area (Å²) < 4.78 is 26.6. The fourth-order valence-electron chi connectivity index (χ4n) is 2.74. The van der Waals surface area contributed by atoms with Crippen molar-refractivity contribution in [3.8, 4) is 0 Å². The maximum absolute atomic E-state index is 12.2. The Kier molecular flexibility index (Phi) is 7.06. The number of hydrogen-bond acceptors (Lipinski definition) is 5. The molecule has 0 radical (unpaired) electrons. The van der Waals surface area contributed by atoms with Gasteiger partial charge >= 0.3 is 0 Å². The third-order valence-electron chi connectivity index (χ3n) is 4.41. The van der Waals surface area contributed by atoms with Crippen LogP contribution in [-0.2, 0) is 14.8 Å². The number of carbonyl (C=O) groups excluding carboxylic acids is 1. The molecule has 2 heterocycles. The van der Waals surface area contributed by atoms with E-state index in [-0.39, 0.29) is 29.1 Å². The molecule has 1 aliphatic carbocycles. The highest BCUT2D eigenvalue weighted by atomic mass is 35.5. The van der Waals surface area contributed by atoms with Gasteiger partial charge in [-0.1, -0.05) is 6.07 Å². The average Bonchev–Trinajstić information content (AvgIpc) is 3.21. The molecule has 136 valence electrons. The Labute approximate surface area is 153 Å². The van der Waals surface area contributed by atoms with Gasteiger partial charge in [-0.3, -0.25) is 4.79 Å². The number of halogens is 1. The third-order valence-corrected chi connectivity index (χ3v) is 7.21. The molecule has 1 aromatic rings. The fourth-order valence-corrected chi connectivity index (χ4v) is 4.76. The second-order valence-electron chi connectivity index (χ2n) is 6.26. The number of hydrogen-bond donors (Lipinski definition) is 2. The zero-order valence-electron chi connectivity index (χ0n) is 13.4. The number of sulfonamides is 1. The summed E-state index contributed by atoms with van der Waals surface area (Å²) in [5.41, 5.74) is 0. The van der Waals surface area contributed by atoms with E-state index in [4.69, 9.17) is 0 Å². The molecule has 0 spiro atoms. The number of nitrogens with one attached hydrogen (secondary N) is 2. The SMILES string of the molecule is Cl.O=C(CNS(=O)(=O)c1cccs1)N1CCC(NCC2CC2)CC1. The number of carbonyl (C=O) groups is 1. The van der Waals surface area contributed by atoms with E-state index in [1.54, 1.807) is 16.3 Å². The molecule has 1 amide bonds. The molecule has 1 saturated heterocycles. The van der Waals surface area contributed by atoms with Gasteiger partial charge in [0.25, 0.3) is 10.0 Å². The first kappa shape index (κ1) is 19.7. The number of rotatable bonds is 7. The van der Waals surface area contributed by atoms with Crippen LogP contribution in [-0.4, -0.2) is 51.4 Å². The standard InChI is InChI=1S/C15H23N3O3S2.ClH/c19-14(11-17-23(20,21)15-2-1-9-22-15)18-7-5-13(6-8-18)16-10-12-3-4-12;/h1-2,9,12-13,16-17H,3-8,10-11H2;1H. The largest absolute Gasteiger partial charge is 0.341 e. The van der Waals surface area contributed by atoms with Crippen molar-refractivity contribution in [2.24, 2.45) is 5.92 Å². The molecule has 3 rings (SSSR count). The predicted octanol–water partition coefficient (Wildman–Crippen LogP) is 1.44. The second-order valence-corrected chi connectivity index (χ2v) is 9.20. The molecule has 2 aliphatic rings. The van der Waals surface area contributed by atoms with E-state index in [1.165, 1.54) is 18.9 Å². The lowest BCUT2D eigenvalue weighted by Gasteiger charge is -2.32. The number of amides is 1. The summed E-state index contributed by atoms with van der Waals surface area (Å²) in [6.45, 7) is 2.32. The van der Waals surface area contributed by atoms with Crippen molar-refractivity contribution in [3.05, 3.63) is 17.5 Å². The lowest BCUT2D eigenvalue weighted by Crippen LogP contribution is -2.48. The highest BCUT2D eigenvalue weighted by Gasteiger charge is 2.26. The van der Waals surface area contributed by atoms with Crippen LogP contribution < -0.4 is 10.0 Å². The van der Waals surface area contributed by atoms with Gasteiger partial charge in [0, 0.05) is 19.1 Å². The van der Waals surface area contributed by atoms with E-state index in [0.29, 0.717) is 19.1 Å². The summed E-state index contributed by atoms with van der Waals surface area (Å²) in [5.74, 6) is 0.715. The molecule has 2 fully saturated rings. The van der Waals surface area contributed by atoms with Gasteiger partial charge in [-0.05, 0) is 49.6 Å². The van der Waals surface area contributed by atoms with Gasteiger partial charge in [-0.25, -0.2) is 13.1 Å². The van der Waals surface area contributed by atoms with Crippen molar-refractivity contribution in [3.63, 3.8) is 0 Å². The number of thiophene rings is 1. The molecular formula is C15H24ClN3O3S2. The smallest absolute Gasteiger partial charge is 0.250 e. The maximum atomic E-state index is 12.2. The van der Waals surface area contributed by atoms with Crippen LogP contribution in [0.1, 0.15) is 25.7 Å². The van der Waals surface area contributed by atoms with Crippen LogP contribution in [0.3, 0.4) is 0 Å². The van der Waals surface area contributed by atoms with Gasteiger partial charge < -0.3 is 10.2 Å². The zero-order chi connectivity index (χ0) is 16.3. The van der Waals surface area contributed by atoms with Crippen LogP contribution in [0.2, 0.25) is 0 Å². The molecule has 0 unspecified atom stereocenters. The monoisotopic (exact) mass is 393 g/mol. The Morgan fingerprint density at radius 3 is 2.54 bits per heavy atom. The lowest BCUT2D eigenvalue weighted by molar-refractivity contribution is -0.131. The molecular weight excluding hydrogens is 370 g/mol.